The number of aryl methyl sites for hydroxylation is 1. The van der Waals surface area contributed by atoms with Crippen molar-refractivity contribution >= 4 is 41.5 Å². The van der Waals surface area contributed by atoms with Crippen LogP contribution >= 0.6 is 24.0 Å². The van der Waals surface area contributed by atoms with Gasteiger partial charge in [0.1, 0.15) is 0 Å². The zero-order valence-corrected chi connectivity index (χ0v) is 14.4. The van der Waals surface area contributed by atoms with Gasteiger partial charge in [0.05, 0.1) is 0 Å². The number of amides is 2. The van der Waals surface area contributed by atoms with Gasteiger partial charge in [0, 0.05) is 43.9 Å². The molecule has 114 valence electrons. The quantitative estimate of drug-likeness (QED) is 0.728. The Hall–Kier alpha value is -1.15. The number of hydrogen-bond acceptors (Lipinski definition) is 3. The highest BCUT2D eigenvalue weighted by Crippen LogP contribution is 2.24. The molecule has 6 heteroatoms. The van der Waals surface area contributed by atoms with Crippen molar-refractivity contribution in [1.82, 2.24) is 9.80 Å². The molecule has 0 atom stereocenters. The Morgan fingerprint density at radius 2 is 1.86 bits per heavy atom. The summed E-state index contributed by atoms with van der Waals surface area (Å²) in [5.74, 6) is 0.147. The highest BCUT2D eigenvalue weighted by Gasteiger charge is 2.22. The molecule has 2 heterocycles. The third kappa shape index (κ3) is 3.55. The lowest BCUT2D eigenvalue weighted by Gasteiger charge is -2.32. The van der Waals surface area contributed by atoms with E-state index in [9.17, 15) is 9.59 Å². The van der Waals surface area contributed by atoms with Crippen molar-refractivity contribution in [3.63, 3.8) is 0 Å². The second kappa shape index (κ2) is 6.74. The predicted molar refractivity (Wildman–Crippen MR) is 92.2 cm³/mol. The third-order valence-electron chi connectivity index (χ3n) is 4.04. The molecular weight excluding hydrogens is 381 g/mol. The van der Waals surface area contributed by atoms with Crippen LogP contribution in [0.15, 0.2) is 18.2 Å². The van der Waals surface area contributed by atoms with Crippen LogP contribution in [0.25, 0.3) is 0 Å². The number of carbonyl (C=O) groups is 2. The molecule has 0 unspecified atom stereocenters. The summed E-state index contributed by atoms with van der Waals surface area (Å²) in [6.45, 7) is 3.41. The molecule has 5 nitrogen and oxygen atoms in total. The Labute approximate surface area is 141 Å². The number of anilines is 1. The number of rotatable bonds is 1. The molecule has 1 aromatic carbocycles. The average molecular weight is 401 g/mol. The fourth-order valence-corrected chi connectivity index (χ4v) is 2.71. The van der Waals surface area contributed by atoms with Gasteiger partial charge in [-0.15, -0.1) is 24.0 Å². The topological polar surface area (TPSA) is 52.7 Å². The van der Waals surface area contributed by atoms with Crippen molar-refractivity contribution < 1.29 is 9.59 Å². The van der Waals surface area contributed by atoms with E-state index in [-0.39, 0.29) is 35.8 Å². The Balaban J connectivity index is 0.00000161. The Kier molecular flexibility index (Phi) is 5.21. The number of halogens is 1. The minimum atomic E-state index is 0. The first-order chi connectivity index (χ1) is 9.63. The molecule has 3 rings (SSSR count). The van der Waals surface area contributed by atoms with Gasteiger partial charge in [-0.25, -0.2) is 0 Å². The van der Waals surface area contributed by atoms with Gasteiger partial charge in [0.15, 0.2) is 0 Å². The Morgan fingerprint density at radius 3 is 2.57 bits per heavy atom. The molecule has 0 spiro atoms. The maximum absolute atomic E-state index is 12.5. The Bertz CT molecular complexity index is 554. The summed E-state index contributed by atoms with van der Waals surface area (Å²) >= 11 is 0. The predicted octanol–water partition coefficient (Wildman–Crippen LogP) is 1.58. The molecule has 21 heavy (non-hydrogen) atoms. The number of nitrogens with one attached hydrogen (secondary N) is 1. The second-order valence-electron chi connectivity index (χ2n) is 5.52. The van der Waals surface area contributed by atoms with Gasteiger partial charge in [-0.1, -0.05) is 0 Å². The zero-order chi connectivity index (χ0) is 14.1. The van der Waals surface area contributed by atoms with E-state index in [1.165, 1.54) is 0 Å². The highest BCUT2D eigenvalue weighted by atomic mass is 127. The van der Waals surface area contributed by atoms with Crippen molar-refractivity contribution in [1.29, 1.82) is 0 Å². The van der Waals surface area contributed by atoms with Gasteiger partial charge >= 0.3 is 0 Å². The summed E-state index contributed by atoms with van der Waals surface area (Å²) in [6, 6.07) is 5.58. The molecule has 0 bridgehead atoms. The molecule has 2 aliphatic heterocycles. The SMILES string of the molecule is CN1CCN(C(=O)c2ccc3c(c2)CCC(=O)N3)CC1.I. The van der Waals surface area contributed by atoms with Crippen molar-refractivity contribution in [2.45, 2.75) is 12.8 Å². The van der Waals surface area contributed by atoms with Crippen LogP contribution in [0.2, 0.25) is 0 Å². The summed E-state index contributed by atoms with van der Waals surface area (Å²) in [5, 5.41) is 2.84. The summed E-state index contributed by atoms with van der Waals surface area (Å²) in [7, 11) is 2.07. The lowest BCUT2D eigenvalue weighted by atomic mass is 10.00. The number of carbonyl (C=O) groups excluding carboxylic acids is 2. The van der Waals surface area contributed by atoms with E-state index in [2.05, 4.69) is 17.3 Å². The molecule has 0 saturated carbocycles. The van der Waals surface area contributed by atoms with Gasteiger partial charge in [0.2, 0.25) is 5.91 Å². The lowest BCUT2D eigenvalue weighted by Crippen LogP contribution is -2.47. The van der Waals surface area contributed by atoms with E-state index in [4.69, 9.17) is 0 Å². The van der Waals surface area contributed by atoms with Crippen LogP contribution in [-0.4, -0.2) is 54.8 Å². The second-order valence-corrected chi connectivity index (χ2v) is 5.52. The van der Waals surface area contributed by atoms with E-state index in [1.54, 1.807) is 0 Å². The van der Waals surface area contributed by atoms with E-state index in [0.29, 0.717) is 12.8 Å². The normalized spacial score (nSPS) is 18.5. The first-order valence-electron chi connectivity index (χ1n) is 7.04. The van der Waals surface area contributed by atoms with Gasteiger partial charge in [0.25, 0.3) is 5.91 Å². The minimum Gasteiger partial charge on any atom is -0.336 e. The monoisotopic (exact) mass is 401 g/mol. The van der Waals surface area contributed by atoms with Crippen LogP contribution in [0.1, 0.15) is 22.3 Å². The van der Waals surface area contributed by atoms with Crippen LogP contribution in [0.4, 0.5) is 5.69 Å². The van der Waals surface area contributed by atoms with Gasteiger partial charge in [-0.05, 0) is 37.2 Å². The average Bonchev–Trinajstić information content (AvgIpc) is 2.47. The summed E-state index contributed by atoms with van der Waals surface area (Å²) in [5.41, 5.74) is 2.63. The van der Waals surface area contributed by atoms with Gasteiger partial charge < -0.3 is 15.1 Å². The van der Waals surface area contributed by atoms with Crippen molar-refractivity contribution in [3.05, 3.63) is 29.3 Å². The maximum atomic E-state index is 12.5. The van der Waals surface area contributed by atoms with Crippen LogP contribution in [-0.2, 0) is 11.2 Å². The van der Waals surface area contributed by atoms with Crippen LogP contribution < -0.4 is 5.32 Å². The molecule has 2 aliphatic rings. The van der Waals surface area contributed by atoms with Crippen LogP contribution in [0, 0.1) is 0 Å². The molecule has 1 aromatic rings. The van der Waals surface area contributed by atoms with E-state index < -0.39 is 0 Å². The fourth-order valence-electron chi connectivity index (χ4n) is 2.71. The standard InChI is InChI=1S/C15H19N3O2.HI/c1-17-6-8-18(9-7-17)15(20)12-2-4-13-11(10-12)3-5-14(19)16-13;/h2,4,10H,3,5-9H2,1H3,(H,16,19);1H. The molecular formula is C15H20IN3O2. The van der Waals surface area contributed by atoms with Gasteiger partial charge in [-0.3, -0.25) is 9.59 Å². The first kappa shape index (κ1) is 16.2. The zero-order valence-electron chi connectivity index (χ0n) is 12.1. The third-order valence-corrected chi connectivity index (χ3v) is 4.04. The Morgan fingerprint density at radius 1 is 1.14 bits per heavy atom. The molecule has 1 N–H and O–H groups in total. The first-order valence-corrected chi connectivity index (χ1v) is 7.04. The number of likely N-dealkylation sites (N-methyl/N-ethyl adjacent to an activating group) is 1. The number of piperazine rings is 1. The smallest absolute Gasteiger partial charge is 0.253 e. The lowest BCUT2D eigenvalue weighted by molar-refractivity contribution is -0.116. The molecule has 0 aromatic heterocycles. The number of nitrogens with zero attached hydrogens (tertiary/aromatic N) is 2. The molecule has 1 fully saturated rings. The number of hydrogen-bond donors (Lipinski definition) is 1. The van der Waals surface area contributed by atoms with Gasteiger partial charge in [-0.2, -0.15) is 0 Å². The summed E-state index contributed by atoms with van der Waals surface area (Å²) in [4.78, 5) is 27.9. The molecule has 1 saturated heterocycles. The molecule has 0 radical (unpaired) electrons. The van der Waals surface area contributed by atoms with E-state index in [1.807, 2.05) is 23.1 Å². The fraction of sp³-hybridized carbons (Fsp3) is 0.467. The van der Waals surface area contributed by atoms with E-state index in [0.717, 1.165) is 43.0 Å². The van der Waals surface area contributed by atoms with Crippen molar-refractivity contribution in [3.8, 4) is 0 Å². The summed E-state index contributed by atoms with van der Waals surface area (Å²) in [6.07, 6.45) is 1.21. The summed E-state index contributed by atoms with van der Waals surface area (Å²) < 4.78 is 0. The largest absolute Gasteiger partial charge is 0.336 e. The molecule has 2 amide bonds. The number of fused-ring (bicyclic) bond motifs is 1. The molecule has 0 aliphatic carbocycles. The van der Waals surface area contributed by atoms with Crippen LogP contribution in [0.5, 0.6) is 0 Å². The van der Waals surface area contributed by atoms with Crippen molar-refractivity contribution in [2.24, 2.45) is 0 Å². The maximum Gasteiger partial charge on any atom is 0.253 e. The van der Waals surface area contributed by atoms with Crippen LogP contribution in [0.3, 0.4) is 0 Å². The van der Waals surface area contributed by atoms with Crippen molar-refractivity contribution in [2.75, 3.05) is 38.5 Å². The van der Waals surface area contributed by atoms with E-state index >= 15 is 0 Å². The number of benzene rings is 1. The minimum absolute atomic E-state index is 0. The highest BCUT2D eigenvalue weighted by molar-refractivity contribution is 14.0.